The van der Waals surface area contributed by atoms with Crippen LogP contribution in [0.4, 0.5) is 0 Å². The number of para-hydroxylation sites is 1. The fourth-order valence-corrected chi connectivity index (χ4v) is 5.47. The molecule has 9 heteroatoms. The number of fused-ring (bicyclic) bond motifs is 3. The van der Waals surface area contributed by atoms with E-state index in [1.54, 1.807) is 43.5 Å². The predicted octanol–water partition coefficient (Wildman–Crippen LogP) is 2.07. The Morgan fingerprint density at radius 3 is 2.63 bits per heavy atom. The first kappa shape index (κ1) is 20.6. The van der Waals surface area contributed by atoms with Crippen molar-refractivity contribution in [3.63, 3.8) is 0 Å². The van der Waals surface area contributed by atoms with Crippen molar-refractivity contribution in [1.29, 1.82) is 0 Å². The molecule has 1 heterocycles. The summed E-state index contributed by atoms with van der Waals surface area (Å²) in [4.78, 5) is 11.0. The van der Waals surface area contributed by atoms with Gasteiger partial charge in [-0.25, -0.2) is 17.9 Å². The van der Waals surface area contributed by atoms with Crippen LogP contribution in [0.15, 0.2) is 47.4 Å². The Labute approximate surface area is 174 Å². The third kappa shape index (κ3) is 3.76. The molecule has 1 aliphatic carbocycles. The van der Waals surface area contributed by atoms with E-state index in [4.69, 9.17) is 19.3 Å². The van der Waals surface area contributed by atoms with Gasteiger partial charge in [-0.1, -0.05) is 29.8 Å². The smallest absolute Gasteiger partial charge is 0.341 e. The average Bonchev–Trinajstić information content (AvgIpc) is 3.23. The molecule has 160 valence electrons. The predicted molar refractivity (Wildman–Crippen MR) is 107 cm³/mol. The lowest BCUT2D eigenvalue weighted by Crippen LogP contribution is -2.44. The van der Waals surface area contributed by atoms with Crippen molar-refractivity contribution in [2.45, 2.75) is 42.4 Å². The molecule has 0 saturated heterocycles. The van der Waals surface area contributed by atoms with E-state index >= 15 is 0 Å². The molecule has 8 nitrogen and oxygen atoms in total. The van der Waals surface area contributed by atoms with Gasteiger partial charge in [0.2, 0.25) is 10.0 Å². The number of carbonyl (C=O) groups is 1. The van der Waals surface area contributed by atoms with Gasteiger partial charge in [0.25, 0.3) is 0 Å². The Balaban J connectivity index is 1.65. The topological polar surface area (TPSA) is 111 Å². The van der Waals surface area contributed by atoms with E-state index in [2.05, 4.69) is 4.72 Å². The second kappa shape index (κ2) is 7.90. The number of nitrogens with one attached hydrogen (secondary N) is 1. The van der Waals surface area contributed by atoms with Gasteiger partial charge in [-0.3, -0.25) is 0 Å². The number of rotatable bonds is 7. The highest BCUT2D eigenvalue weighted by Gasteiger charge is 2.52. The van der Waals surface area contributed by atoms with Crippen LogP contribution in [0.25, 0.3) is 0 Å². The van der Waals surface area contributed by atoms with Crippen LogP contribution in [0.1, 0.15) is 23.5 Å². The molecule has 4 atom stereocenters. The summed E-state index contributed by atoms with van der Waals surface area (Å²) in [5, 5.41) is 8.89. The molecule has 2 aromatic carbocycles. The maximum absolute atomic E-state index is 13.0. The number of hydrogen-bond acceptors (Lipinski definition) is 6. The van der Waals surface area contributed by atoms with E-state index in [0.29, 0.717) is 17.9 Å². The lowest BCUT2D eigenvalue weighted by Gasteiger charge is -2.24. The number of carboxylic acid groups (broad SMARTS) is 1. The first-order valence-corrected chi connectivity index (χ1v) is 11.0. The molecule has 30 heavy (non-hydrogen) atoms. The summed E-state index contributed by atoms with van der Waals surface area (Å²) >= 11 is 0. The van der Waals surface area contributed by atoms with E-state index < -0.39 is 28.6 Å². The number of carboxylic acids is 1. The maximum atomic E-state index is 13.0. The second-order valence-electron chi connectivity index (χ2n) is 7.51. The number of ether oxygens (including phenoxy) is 3. The first-order chi connectivity index (χ1) is 14.3. The normalized spacial score (nSPS) is 24.7. The summed E-state index contributed by atoms with van der Waals surface area (Å²) in [6, 6.07) is 11.3. The third-order valence-corrected chi connectivity index (χ3v) is 7.04. The van der Waals surface area contributed by atoms with Crippen molar-refractivity contribution in [1.82, 2.24) is 4.72 Å². The lowest BCUT2D eigenvalue weighted by molar-refractivity contribution is -0.139. The fourth-order valence-electron chi connectivity index (χ4n) is 4.18. The Hall–Kier alpha value is -2.62. The molecule has 2 aliphatic rings. The molecule has 4 rings (SSSR count). The van der Waals surface area contributed by atoms with Gasteiger partial charge in [0.1, 0.15) is 6.10 Å². The molecule has 2 aromatic rings. The fraction of sp³-hybridized carbons (Fsp3) is 0.381. The van der Waals surface area contributed by atoms with Crippen LogP contribution in [0, 0.1) is 6.92 Å². The van der Waals surface area contributed by atoms with Gasteiger partial charge in [0, 0.05) is 25.0 Å². The van der Waals surface area contributed by atoms with Crippen LogP contribution in [-0.4, -0.2) is 51.5 Å². The van der Waals surface area contributed by atoms with E-state index in [9.17, 15) is 13.2 Å². The number of sulfonamides is 1. The maximum Gasteiger partial charge on any atom is 0.341 e. The molecule has 0 spiro atoms. The average molecular weight is 433 g/mol. The van der Waals surface area contributed by atoms with Gasteiger partial charge in [-0.2, -0.15) is 0 Å². The van der Waals surface area contributed by atoms with Crippen molar-refractivity contribution < 1.29 is 32.5 Å². The van der Waals surface area contributed by atoms with Gasteiger partial charge in [-0.15, -0.1) is 0 Å². The minimum absolute atomic E-state index is 0.184. The van der Waals surface area contributed by atoms with Crippen LogP contribution < -0.4 is 14.2 Å². The molecule has 0 radical (unpaired) electrons. The number of hydrogen-bond donors (Lipinski definition) is 2. The summed E-state index contributed by atoms with van der Waals surface area (Å²) in [7, 11) is -2.22. The van der Waals surface area contributed by atoms with Gasteiger partial charge >= 0.3 is 5.97 Å². The SMILES string of the molecule is COC1CC2Oc3c(OCC(=O)O)cccc3C2C1NS(=O)(=O)c1ccc(C)cc1. The number of benzene rings is 2. The van der Waals surface area contributed by atoms with Crippen LogP contribution in [0.3, 0.4) is 0 Å². The molecule has 0 amide bonds. The molecule has 1 fully saturated rings. The third-order valence-electron chi connectivity index (χ3n) is 5.57. The summed E-state index contributed by atoms with van der Waals surface area (Å²) in [6.45, 7) is 1.41. The Morgan fingerprint density at radius 1 is 1.23 bits per heavy atom. The van der Waals surface area contributed by atoms with Crippen LogP contribution in [0.2, 0.25) is 0 Å². The lowest BCUT2D eigenvalue weighted by atomic mass is 9.94. The zero-order valence-corrected chi connectivity index (χ0v) is 17.4. The molecule has 1 saturated carbocycles. The Kier molecular flexibility index (Phi) is 5.44. The summed E-state index contributed by atoms with van der Waals surface area (Å²) in [5.41, 5.74) is 1.75. The minimum Gasteiger partial charge on any atom is -0.485 e. The highest BCUT2D eigenvalue weighted by Crippen LogP contribution is 2.51. The number of methoxy groups -OCH3 is 1. The molecular weight excluding hydrogens is 410 g/mol. The number of aryl methyl sites for hydroxylation is 1. The monoisotopic (exact) mass is 433 g/mol. The summed E-state index contributed by atoms with van der Waals surface area (Å²) in [6.07, 6.45) is -0.169. The van der Waals surface area contributed by atoms with E-state index in [1.165, 1.54) is 0 Å². The van der Waals surface area contributed by atoms with E-state index in [0.717, 1.165) is 11.1 Å². The zero-order valence-electron chi connectivity index (χ0n) is 16.6. The van der Waals surface area contributed by atoms with Crippen molar-refractivity contribution in [2.24, 2.45) is 0 Å². The standard InChI is InChI=1S/C21H23NO7S/c1-12-6-8-13(9-7-12)30(25,26)22-20-17(27-2)10-16-19(20)14-4-3-5-15(21(14)29-16)28-11-18(23)24/h3-9,16-17,19-20,22H,10-11H2,1-2H3,(H,23,24). The molecule has 0 aromatic heterocycles. The summed E-state index contributed by atoms with van der Waals surface area (Å²) in [5.74, 6) is -0.575. The van der Waals surface area contributed by atoms with Gasteiger partial charge in [0.15, 0.2) is 18.1 Å². The highest BCUT2D eigenvalue weighted by molar-refractivity contribution is 7.89. The van der Waals surface area contributed by atoms with Crippen LogP contribution in [-0.2, 0) is 19.6 Å². The second-order valence-corrected chi connectivity index (χ2v) is 9.22. The molecular formula is C21H23NO7S. The van der Waals surface area contributed by atoms with Crippen molar-refractivity contribution in [3.8, 4) is 11.5 Å². The van der Waals surface area contributed by atoms with Crippen molar-refractivity contribution in [2.75, 3.05) is 13.7 Å². The van der Waals surface area contributed by atoms with Gasteiger partial charge in [-0.05, 0) is 25.1 Å². The zero-order chi connectivity index (χ0) is 21.5. The van der Waals surface area contributed by atoms with Crippen molar-refractivity contribution >= 4 is 16.0 Å². The number of aliphatic carboxylic acids is 1. The van der Waals surface area contributed by atoms with Crippen LogP contribution >= 0.6 is 0 Å². The Morgan fingerprint density at radius 2 is 1.97 bits per heavy atom. The van der Waals surface area contributed by atoms with E-state index in [-0.39, 0.29) is 23.0 Å². The molecule has 4 unspecified atom stereocenters. The highest BCUT2D eigenvalue weighted by atomic mass is 32.2. The summed E-state index contributed by atoms with van der Waals surface area (Å²) < 4.78 is 45.8. The Bertz CT molecular complexity index is 1050. The molecule has 1 aliphatic heterocycles. The van der Waals surface area contributed by atoms with Crippen LogP contribution in [0.5, 0.6) is 11.5 Å². The first-order valence-electron chi connectivity index (χ1n) is 9.56. The molecule has 0 bridgehead atoms. The van der Waals surface area contributed by atoms with Gasteiger partial charge < -0.3 is 19.3 Å². The van der Waals surface area contributed by atoms with Gasteiger partial charge in [0.05, 0.1) is 17.0 Å². The quantitative estimate of drug-likeness (QED) is 0.688. The largest absolute Gasteiger partial charge is 0.485 e. The molecule has 2 N–H and O–H groups in total. The minimum atomic E-state index is -3.77. The van der Waals surface area contributed by atoms with E-state index in [1.807, 2.05) is 13.0 Å². The van der Waals surface area contributed by atoms with Crippen molar-refractivity contribution in [3.05, 3.63) is 53.6 Å².